The van der Waals surface area contributed by atoms with E-state index in [2.05, 4.69) is 26.4 Å². The van der Waals surface area contributed by atoms with Gasteiger partial charge in [-0.15, -0.1) is 0 Å². The summed E-state index contributed by atoms with van der Waals surface area (Å²) in [6.45, 7) is 7.63. The molecule has 1 aromatic heterocycles. The van der Waals surface area contributed by atoms with E-state index in [0.717, 1.165) is 11.3 Å². The van der Waals surface area contributed by atoms with Crippen LogP contribution in [0.3, 0.4) is 0 Å². The second-order valence-corrected chi connectivity index (χ2v) is 6.72. The van der Waals surface area contributed by atoms with Gasteiger partial charge in [-0.25, -0.2) is 9.48 Å². The van der Waals surface area contributed by atoms with Crippen molar-refractivity contribution in [1.82, 2.24) is 20.4 Å². The highest BCUT2D eigenvalue weighted by atomic mass is 16.2. The third-order valence-corrected chi connectivity index (χ3v) is 4.52. The Hall–Kier alpha value is -2.87. The van der Waals surface area contributed by atoms with Crippen molar-refractivity contribution >= 4 is 23.4 Å². The fourth-order valence-corrected chi connectivity index (χ4v) is 2.78. The summed E-state index contributed by atoms with van der Waals surface area (Å²) in [5.74, 6) is 0.306. The number of hydrogen-bond acceptors (Lipinski definition) is 4. The minimum atomic E-state index is -0.517. The molecule has 1 aliphatic heterocycles. The van der Waals surface area contributed by atoms with Crippen molar-refractivity contribution in [3.8, 4) is 0 Å². The molecule has 2 aromatic rings. The Morgan fingerprint density at radius 2 is 1.85 bits per heavy atom. The van der Waals surface area contributed by atoms with Crippen LogP contribution in [0.1, 0.15) is 31.4 Å². The number of anilines is 2. The molecule has 8 heteroatoms. The molecule has 8 nitrogen and oxygen atoms in total. The summed E-state index contributed by atoms with van der Waals surface area (Å²) in [6, 6.07) is 8.89. The monoisotopic (exact) mass is 356 g/mol. The van der Waals surface area contributed by atoms with Gasteiger partial charge >= 0.3 is 6.03 Å². The quantitative estimate of drug-likeness (QED) is 0.678. The molecule has 3 rings (SSSR count). The van der Waals surface area contributed by atoms with Crippen molar-refractivity contribution < 1.29 is 9.59 Å². The summed E-state index contributed by atoms with van der Waals surface area (Å²) < 4.78 is 1.57. The Labute approximate surface area is 152 Å². The number of aromatic nitrogens is 2. The Balaban J connectivity index is 1.73. The summed E-state index contributed by atoms with van der Waals surface area (Å²) in [5.41, 5.74) is 2.55. The van der Waals surface area contributed by atoms with Gasteiger partial charge in [0.15, 0.2) is 6.29 Å². The third-order valence-electron chi connectivity index (χ3n) is 4.52. The first-order chi connectivity index (χ1) is 12.3. The first kappa shape index (κ1) is 17.9. The highest BCUT2D eigenvalue weighted by molar-refractivity contribution is 5.99. The molecule has 0 spiro atoms. The number of amides is 3. The lowest BCUT2D eigenvalue weighted by molar-refractivity contribution is -0.130. The highest BCUT2D eigenvalue weighted by Gasteiger charge is 2.32. The predicted octanol–water partition coefficient (Wildman–Crippen LogP) is 2.34. The van der Waals surface area contributed by atoms with Crippen LogP contribution in [0.15, 0.2) is 30.3 Å². The molecular formula is C18H24N6O2. The van der Waals surface area contributed by atoms with Crippen LogP contribution in [0.2, 0.25) is 0 Å². The van der Waals surface area contributed by atoms with Crippen molar-refractivity contribution in [2.75, 3.05) is 10.6 Å². The van der Waals surface area contributed by atoms with E-state index in [1.54, 1.807) is 10.7 Å². The molecule has 138 valence electrons. The van der Waals surface area contributed by atoms with Gasteiger partial charge in [0.05, 0.1) is 11.6 Å². The van der Waals surface area contributed by atoms with Crippen LogP contribution in [-0.2, 0) is 4.79 Å². The summed E-state index contributed by atoms with van der Waals surface area (Å²) >= 11 is 0. The van der Waals surface area contributed by atoms with E-state index in [-0.39, 0.29) is 23.9 Å². The zero-order valence-corrected chi connectivity index (χ0v) is 15.3. The van der Waals surface area contributed by atoms with Crippen LogP contribution in [0.5, 0.6) is 0 Å². The van der Waals surface area contributed by atoms with Crippen LogP contribution in [0.4, 0.5) is 16.3 Å². The molecule has 1 saturated heterocycles. The van der Waals surface area contributed by atoms with Crippen molar-refractivity contribution in [3.63, 3.8) is 0 Å². The zero-order chi connectivity index (χ0) is 18.8. The molecule has 0 radical (unpaired) electrons. The van der Waals surface area contributed by atoms with Gasteiger partial charge in [-0.3, -0.25) is 15.4 Å². The Morgan fingerprint density at radius 3 is 2.50 bits per heavy atom. The minimum absolute atomic E-state index is 0.00695. The van der Waals surface area contributed by atoms with E-state index >= 15 is 0 Å². The van der Waals surface area contributed by atoms with Crippen molar-refractivity contribution in [2.45, 2.75) is 40.0 Å². The largest absolute Gasteiger partial charge is 0.324 e. The Bertz CT molecular complexity index is 814. The first-order valence-corrected chi connectivity index (χ1v) is 8.61. The van der Waals surface area contributed by atoms with Gasteiger partial charge in [0.25, 0.3) is 0 Å². The maximum atomic E-state index is 12.3. The van der Waals surface area contributed by atoms with Crippen LogP contribution >= 0.6 is 0 Å². The third kappa shape index (κ3) is 3.85. The number of nitrogens with zero attached hydrogens (tertiary/aromatic N) is 2. The molecule has 26 heavy (non-hydrogen) atoms. The van der Waals surface area contributed by atoms with Gasteiger partial charge in [0, 0.05) is 17.8 Å². The number of carbonyl (C=O) groups is 2. The average Bonchev–Trinajstić information content (AvgIpc) is 2.94. The second-order valence-electron chi connectivity index (χ2n) is 6.72. The highest BCUT2D eigenvalue weighted by Crippen LogP contribution is 2.19. The van der Waals surface area contributed by atoms with Gasteiger partial charge in [-0.05, 0) is 32.9 Å². The van der Waals surface area contributed by atoms with Crippen molar-refractivity contribution in [3.05, 3.63) is 41.6 Å². The van der Waals surface area contributed by atoms with E-state index in [4.69, 9.17) is 0 Å². The molecule has 0 saturated carbocycles. The fourth-order valence-electron chi connectivity index (χ4n) is 2.78. The second kappa shape index (κ2) is 7.17. The van der Waals surface area contributed by atoms with E-state index in [9.17, 15) is 9.59 Å². The van der Waals surface area contributed by atoms with E-state index < -0.39 is 6.29 Å². The van der Waals surface area contributed by atoms with E-state index in [1.165, 1.54) is 0 Å². The number of hydrogen-bond donors (Lipinski definition) is 4. The molecule has 3 amide bonds. The molecule has 4 N–H and O–H groups in total. The smallest absolute Gasteiger partial charge is 0.322 e. The van der Waals surface area contributed by atoms with Crippen LogP contribution in [0, 0.1) is 19.8 Å². The maximum Gasteiger partial charge on any atom is 0.324 e. The lowest BCUT2D eigenvalue weighted by Crippen LogP contribution is -2.57. The van der Waals surface area contributed by atoms with Crippen molar-refractivity contribution in [1.29, 1.82) is 0 Å². The van der Waals surface area contributed by atoms with Gasteiger partial charge in [-0.2, -0.15) is 5.10 Å². The Morgan fingerprint density at radius 1 is 1.15 bits per heavy atom. The lowest BCUT2D eigenvalue weighted by Gasteiger charge is -2.34. The summed E-state index contributed by atoms with van der Waals surface area (Å²) in [7, 11) is 0. The molecule has 1 fully saturated rings. The normalized spacial score (nSPS) is 22.6. The standard InChI is InChI=1S/C18H24N6O2/c1-10-5-7-14(8-6-10)20-18(26)21-15-9-11(2)23-24(15)17-19-13(4)12(3)16(25)22-17/h5-9,12-13,17,19H,1-4H3,(H,22,25)(H2,20,21,26). The van der Waals surface area contributed by atoms with Gasteiger partial charge in [0.1, 0.15) is 5.82 Å². The number of rotatable bonds is 3. The van der Waals surface area contributed by atoms with Crippen molar-refractivity contribution in [2.24, 2.45) is 5.92 Å². The lowest BCUT2D eigenvalue weighted by atomic mass is 10.0. The molecule has 0 bridgehead atoms. The first-order valence-electron chi connectivity index (χ1n) is 8.61. The number of benzene rings is 1. The molecule has 0 aliphatic carbocycles. The van der Waals surface area contributed by atoms with Gasteiger partial charge < -0.3 is 10.6 Å². The SMILES string of the molecule is Cc1ccc(NC(=O)Nc2cc(C)nn2C2NC(=O)C(C)C(C)N2)cc1. The van der Waals surface area contributed by atoms with Gasteiger partial charge in [-0.1, -0.05) is 24.6 Å². The number of aryl methyl sites for hydroxylation is 2. The maximum absolute atomic E-state index is 12.3. The number of nitrogens with one attached hydrogen (secondary N) is 4. The molecule has 2 heterocycles. The molecule has 1 aliphatic rings. The zero-order valence-electron chi connectivity index (χ0n) is 15.3. The van der Waals surface area contributed by atoms with Gasteiger partial charge in [0.2, 0.25) is 5.91 Å². The summed E-state index contributed by atoms with van der Waals surface area (Å²) in [5, 5.41) is 16.1. The average molecular weight is 356 g/mol. The molecule has 1 aromatic carbocycles. The van der Waals surface area contributed by atoms with Crippen LogP contribution in [0.25, 0.3) is 0 Å². The van der Waals surface area contributed by atoms with E-state index in [1.807, 2.05) is 52.0 Å². The fraction of sp³-hybridized carbons (Fsp3) is 0.389. The topological polar surface area (TPSA) is 100 Å². The number of carbonyl (C=O) groups excluding carboxylic acids is 2. The predicted molar refractivity (Wildman–Crippen MR) is 99.7 cm³/mol. The minimum Gasteiger partial charge on any atom is -0.322 e. The van der Waals surface area contributed by atoms with E-state index in [0.29, 0.717) is 11.5 Å². The summed E-state index contributed by atoms with van der Waals surface area (Å²) in [6.07, 6.45) is -0.517. The van der Waals surface area contributed by atoms with Crippen LogP contribution < -0.4 is 21.3 Å². The summed E-state index contributed by atoms with van der Waals surface area (Å²) in [4.78, 5) is 24.4. The number of urea groups is 1. The van der Waals surface area contributed by atoms with Crippen LogP contribution in [-0.4, -0.2) is 27.8 Å². The molecule has 3 atom stereocenters. The molecule has 3 unspecified atom stereocenters. The molecular weight excluding hydrogens is 332 g/mol. The Kier molecular flexibility index (Phi) is 4.94.